The minimum absolute atomic E-state index is 0.0779. The predicted octanol–water partition coefficient (Wildman–Crippen LogP) is 4.12. The lowest BCUT2D eigenvalue weighted by molar-refractivity contribution is -0.123. The summed E-state index contributed by atoms with van der Waals surface area (Å²) >= 11 is 1.04. The number of rotatable bonds is 6. The van der Waals surface area contributed by atoms with Crippen LogP contribution in [0, 0.1) is 5.82 Å². The van der Waals surface area contributed by atoms with Crippen molar-refractivity contribution in [3.8, 4) is 0 Å². The van der Waals surface area contributed by atoms with Crippen LogP contribution in [-0.2, 0) is 4.79 Å². The maximum Gasteiger partial charge on any atom is 0.280 e. The van der Waals surface area contributed by atoms with E-state index in [9.17, 15) is 14.0 Å². The molecule has 1 aliphatic rings. The van der Waals surface area contributed by atoms with Gasteiger partial charge in [0.1, 0.15) is 11.9 Å². The number of aromatic nitrogens is 2. The summed E-state index contributed by atoms with van der Waals surface area (Å²) in [6.07, 6.45) is 3.96. The largest absolute Gasteiger partial charge is 0.351 e. The first-order valence-corrected chi connectivity index (χ1v) is 10.7. The summed E-state index contributed by atoms with van der Waals surface area (Å²) in [6.45, 7) is 0. The molecule has 0 aliphatic heterocycles. The maximum absolute atomic E-state index is 14.1. The molecule has 1 aliphatic carbocycles. The average molecular weight is 425 g/mol. The molecule has 6 nitrogen and oxygen atoms in total. The third kappa shape index (κ3) is 4.38. The molecule has 3 aromatic rings. The highest BCUT2D eigenvalue weighted by Crippen LogP contribution is 2.31. The maximum atomic E-state index is 14.1. The first kappa shape index (κ1) is 20.2. The van der Waals surface area contributed by atoms with Crippen molar-refractivity contribution in [2.75, 3.05) is 4.90 Å². The Labute approximate surface area is 177 Å². The Morgan fingerprint density at radius 3 is 2.53 bits per heavy atom. The molecule has 1 atom stereocenters. The quantitative estimate of drug-likeness (QED) is 0.646. The molecule has 0 bridgehead atoms. The normalized spacial score (nSPS) is 15.0. The number of carbonyl (C=O) groups excluding carboxylic acids is 2. The van der Waals surface area contributed by atoms with Crippen LogP contribution in [0.5, 0.6) is 0 Å². The van der Waals surface area contributed by atoms with Gasteiger partial charge in [-0.1, -0.05) is 53.7 Å². The van der Waals surface area contributed by atoms with E-state index < -0.39 is 17.8 Å². The van der Waals surface area contributed by atoms with Gasteiger partial charge in [0.2, 0.25) is 5.91 Å². The van der Waals surface area contributed by atoms with Crippen LogP contribution in [0.1, 0.15) is 47.8 Å². The Balaban J connectivity index is 1.79. The van der Waals surface area contributed by atoms with E-state index in [0.29, 0.717) is 5.56 Å². The van der Waals surface area contributed by atoms with Gasteiger partial charge in [0.25, 0.3) is 5.91 Å². The number of nitrogens with zero attached hydrogens (tertiary/aromatic N) is 3. The monoisotopic (exact) mass is 424 g/mol. The highest BCUT2D eigenvalue weighted by Gasteiger charge is 2.35. The molecule has 0 spiro atoms. The zero-order valence-electron chi connectivity index (χ0n) is 16.2. The number of benzene rings is 2. The molecule has 1 fully saturated rings. The average Bonchev–Trinajstić information content (AvgIpc) is 3.46. The van der Waals surface area contributed by atoms with Gasteiger partial charge in [-0.3, -0.25) is 14.5 Å². The number of amides is 2. The molecule has 154 valence electrons. The molecule has 0 unspecified atom stereocenters. The third-order valence-electron chi connectivity index (χ3n) is 5.21. The lowest BCUT2D eigenvalue weighted by Crippen LogP contribution is -2.46. The van der Waals surface area contributed by atoms with E-state index in [0.717, 1.165) is 37.2 Å². The van der Waals surface area contributed by atoms with Crippen LogP contribution in [0.2, 0.25) is 0 Å². The summed E-state index contributed by atoms with van der Waals surface area (Å²) in [6, 6.07) is 13.8. The molecule has 4 rings (SSSR count). The van der Waals surface area contributed by atoms with Gasteiger partial charge in [0.05, 0.1) is 0 Å². The van der Waals surface area contributed by atoms with Crippen molar-refractivity contribution in [3.63, 3.8) is 0 Å². The highest BCUT2D eigenvalue weighted by molar-refractivity contribution is 7.03. The van der Waals surface area contributed by atoms with Gasteiger partial charge in [0, 0.05) is 17.1 Å². The van der Waals surface area contributed by atoms with Crippen LogP contribution < -0.4 is 10.2 Å². The second kappa shape index (κ2) is 9.13. The van der Waals surface area contributed by atoms with Crippen molar-refractivity contribution in [2.24, 2.45) is 0 Å². The van der Waals surface area contributed by atoms with Gasteiger partial charge in [-0.15, -0.1) is 5.10 Å². The van der Waals surface area contributed by atoms with Crippen LogP contribution >= 0.6 is 11.5 Å². The smallest absolute Gasteiger partial charge is 0.280 e. The van der Waals surface area contributed by atoms with Crippen molar-refractivity contribution < 1.29 is 14.0 Å². The Morgan fingerprint density at radius 1 is 1.10 bits per heavy atom. The minimum Gasteiger partial charge on any atom is -0.351 e. The zero-order valence-corrected chi connectivity index (χ0v) is 17.0. The molecular weight excluding hydrogens is 403 g/mol. The number of halogens is 1. The Bertz CT molecular complexity index is 1010. The van der Waals surface area contributed by atoms with E-state index in [1.165, 1.54) is 28.5 Å². The molecule has 1 heterocycles. The van der Waals surface area contributed by atoms with E-state index in [-0.39, 0.29) is 23.3 Å². The fraction of sp³-hybridized carbons (Fsp3) is 0.273. The number of anilines is 1. The Hall–Kier alpha value is -3.13. The summed E-state index contributed by atoms with van der Waals surface area (Å²) in [4.78, 5) is 28.1. The molecule has 1 saturated carbocycles. The van der Waals surface area contributed by atoms with Gasteiger partial charge >= 0.3 is 0 Å². The van der Waals surface area contributed by atoms with Crippen LogP contribution in [0.3, 0.4) is 0 Å². The van der Waals surface area contributed by atoms with Gasteiger partial charge < -0.3 is 5.32 Å². The van der Waals surface area contributed by atoms with Crippen molar-refractivity contribution in [1.82, 2.24) is 14.9 Å². The number of carbonyl (C=O) groups is 2. The van der Waals surface area contributed by atoms with Gasteiger partial charge in [0.15, 0.2) is 5.69 Å². The molecule has 0 saturated heterocycles. The molecule has 8 heteroatoms. The van der Waals surface area contributed by atoms with Gasteiger partial charge in [-0.2, -0.15) is 0 Å². The standard InChI is InChI=1S/C22H21FN4O2S/c23-16-9-6-12-18(13-16)27(22(29)19-14-30-26-25-19)20(15-7-2-1-3-8-15)21(28)24-17-10-4-5-11-17/h1-3,6-9,12-14,17,20H,4-5,10-11H2,(H,24,28)/t20-/m1/s1. The summed E-state index contributed by atoms with van der Waals surface area (Å²) in [7, 11) is 0. The first-order chi connectivity index (χ1) is 14.6. The minimum atomic E-state index is -0.970. The lowest BCUT2D eigenvalue weighted by atomic mass is 10.0. The van der Waals surface area contributed by atoms with E-state index in [4.69, 9.17) is 0 Å². The summed E-state index contributed by atoms with van der Waals surface area (Å²) < 4.78 is 17.8. The SMILES string of the molecule is O=C(NC1CCCC1)[C@@H](c1ccccc1)N(C(=O)c1csnn1)c1cccc(F)c1. The number of hydrogen-bond acceptors (Lipinski definition) is 5. The molecule has 2 aromatic carbocycles. The van der Waals surface area contributed by atoms with E-state index in [1.54, 1.807) is 18.2 Å². The fourth-order valence-electron chi connectivity index (χ4n) is 3.79. The third-order valence-corrected chi connectivity index (χ3v) is 5.71. The number of nitrogens with one attached hydrogen (secondary N) is 1. The number of hydrogen-bond donors (Lipinski definition) is 1. The second-order valence-corrected chi connectivity index (χ2v) is 7.86. The predicted molar refractivity (Wildman–Crippen MR) is 113 cm³/mol. The molecule has 0 radical (unpaired) electrons. The van der Waals surface area contributed by atoms with Gasteiger partial charge in [-0.25, -0.2) is 4.39 Å². The van der Waals surface area contributed by atoms with Crippen molar-refractivity contribution in [1.29, 1.82) is 0 Å². The van der Waals surface area contributed by atoms with E-state index in [2.05, 4.69) is 14.9 Å². The Kier molecular flexibility index (Phi) is 6.13. The first-order valence-electron chi connectivity index (χ1n) is 9.85. The van der Waals surface area contributed by atoms with Crippen LogP contribution in [-0.4, -0.2) is 27.4 Å². The lowest BCUT2D eigenvalue weighted by Gasteiger charge is -2.31. The summed E-state index contributed by atoms with van der Waals surface area (Å²) in [5, 5.41) is 8.48. The summed E-state index contributed by atoms with van der Waals surface area (Å²) in [5.41, 5.74) is 1.02. The van der Waals surface area contributed by atoms with Crippen LogP contribution in [0.4, 0.5) is 10.1 Å². The molecular formula is C22H21FN4O2S. The molecule has 1 N–H and O–H groups in total. The zero-order chi connectivity index (χ0) is 20.9. The van der Waals surface area contributed by atoms with Crippen LogP contribution in [0.15, 0.2) is 60.0 Å². The highest BCUT2D eigenvalue weighted by atomic mass is 32.1. The molecule has 2 amide bonds. The van der Waals surface area contributed by atoms with Crippen molar-refractivity contribution >= 4 is 29.0 Å². The van der Waals surface area contributed by atoms with Crippen LogP contribution in [0.25, 0.3) is 0 Å². The topological polar surface area (TPSA) is 75.2 Å². The summed E-state index contributed by atoms with van der Waals surface area (Å²) in [5.74, 6) is -1.30. The molecule has 1 aromatic heterocycles. The molecule has 30 heavy (non-hydrogen) atoms. The van der Waals surface area contributed by atoms with E-state index in [1.807, 2.05) is 18.2 Å². The van der Waals surface area contributed by atoms with Crippen molar-refractivity contribution in [3.05, 3.63) is 77.1 Å². The second-order valence-electron chi connectivity index (χ2n) is 7.25. The van der Waals surface area contributed by atoms with Gasteiger partial charge in [-0.05, 0) is 48.1 Å². The van der Waals surface area contributed by atoms with Crippen molar-refractivity contribution in [2.45, 2.75) is 37.8 Å². The van der Waals surface area contributed by atoms with E-state index >= 15 is 0 Å². The Morgan fingerprint density at radius 2 is 1.87 bits per heavy atom. The fourth-order valence-corrected chi connectivity index (χ4v) is 4.22.